The molecule has 1 fully saturated rings. The molecule has 2 nitrogen and oxygen atoms in total. The standard InChI is InChI=1S/C16H33NO/c1-5-7-15(18-4)16(17-12-6-2)14-10-8-13(3)9-11-14/h13-17H,5-12H2,1-4H3. The fourth-order valence-electron chi connectivity index (χ4n) is 3.29. The van der Waals surface area contributed by atoms with Crippen molar-refractivity contribution < 1.29 is 4.74 Å². The topological polar surface area (TPSA) is 21.3 Å². The number of rotatable bonds is 8. The average Bonchev–Trinajstić information content (AvgIpc) is 2.39. The monoisotopic (exact) mass is 255 g/mol. The second-order valence-electron chi connectivity index (χ2n) is 6.06. The van der Waals surface area contributed by atoms with Crippen LogP contribution in [0.25, 0.3) is 0 Å². The van der Waals surface area contributed by atoms with E-state index in [1.54, 1.807) is 0 Å². The van der Waals surface area contributed by atoms with E-state index in [0.29, 0.717) is 12.1 Å². The fourth-order valence-corrected chi connectivity index (χ4v) is 3.29. The van der Waals surface area contributed by atoms with Crippen molar-refractivity contribution in [2.45, 2.75) is 77.9 Å². The normalized spacial score (nSPS) is 28.0. The molecule has 1 aliphatic carbocycles. The van der Waals surface area contributed by atoms with Gasteiger partial charge in [0.05, 0.1) is 6.10 Å². The van der Waals surface area contributed by atoms with Gasteiger partial charge in [-0.3, -0.25) is 0 Å². The van der Waals surface area contributed by atoms with Crippen LogP contribution in [-0.4, -0.2) is 25.8 Å². The summed E-state index contributed by atoms with van der Waals surface area (Å²) in [7, 11) is 1.88. The summed E-state index contributed by atoms with van der Waals surface area (Å²) in [6, 6.07) is 0.572. The maximum Gasteiger partial charge on any atom is 0.0726 e. The molecule has 0 amide bonds. The molecule has 108 valence electrons. The summed E-state index contributed by atoms with van der Waals surface area (Å²) in [5.41, 5.74) is 0. The van der Waals surface area contributed by atoms with Gasteiger partial charge in [0.1, 0.15) is 0 Å². The Morgan fingerprint density at radius 1 is 1.11 bits per heavy atom. The lowest BCUT2D eigenvalue weighted by molar-refractivity contribution is 0.0301. The van der Waals surface area contributed by atoms with E-state index in [9.17, 15) is 0 Å². The van der Waals surface area contributed by atoms with Crippen LogP contribution in [-0.2, 0) is 4.74 Å². The maximum atomic E-state index is 5.77. The highest BCUT2D eigenvalue weighted by Crippen LogP contribution is 2.32. The second-order valence-corrected chi connectivity index (χ2v) is 6.06. The van der Waals surface area contributed by atoms with Crippen LogP contribution in [0.4, 0.5) is 0 Å². The number of ether oxygens (including phenoxy) is 1. The molecule has 0 bridgehead atoms. The average molecular weight is 255 g/mol. The van der Waals surface area contributed by atoms with Gasteiger partial charge in [0.2, 0.25) is 0 Å². The van der Waals surface area contributed by atoms with Crippen molar-refractivity contribution in [1.82, 2.24) is 5.32 Å². The van der Waals surface area contributed by atoms with Crippen molar-refractivity contribution in [2.24, 2.45) is 11.8 Å². The van der Waals surface area contributed by atoms with Crippen molar-refractivity contribution in [3.8, 4) is 0 Å². The Kier molecular flexibility index (Phi) is 7.92. The van der Waals surface area contributed by atoms with Crippen molar-refractivity contribution in [3.05, 3.63) is 0 Å². The Hall–Kier alpha value is -0.0800. The molecule has 2 atom stereocenters. The molecule has 1 rings (SSSR count). The van der Waals surface area contributed by atoms with E-state index in [-0.39, 0.29) is 0 Å². The quantitative estimate of drug-likeness (QED) is 0.708. The maximum absolute atomic E-state index is 5.77. The van der Waals surface area contributed by atoms with Crippen LogP contribution in [0.15, 0.2) is 0 Å². The summed E-state index contributed by atoms with van der Waals surface area (Å²) in [5, 5.41) is 3.76. The van der Waals surface area contributed by atoms with Gasteiger partial charge in [-0.2, -0.15) is 0 Å². The second kappa shape index (κ2) is 8.92. The smallest absolute Gasteiger partial charge is 0.0726 e. The van der Waals surface area contributed by atoms with Gasteiger partial charge in [0.15, 0.2) is 0 Å². The molecule has 0 spiro atoms. The van der Waals surface area contributed by atoms with Gasteiger partial charge in [-0.25, -0.2) is 0 Å². The fraction of sp³-hybridized carbons (Fsp3) is 1.00. The van der Waals surface area contributed by atoms with Crippen LogP contribution < -0.4 is 5.32 Å². The van der Waals surface area contributed by atoms with E-state index < -0.39 is 0 Å². The SMILES string of the molecule is CCCNC(C1CCC(C)CC1)C(CCC)OC. The third kappa shape index (κ3) is 4.89. The van der Waals surface area contributed by atoms with E-state index in [4.69, 9.17) is 4.74 Å². The molecule has 2 unspecified atom stereocenters. The molecule has 0 radical (unpaired) electrons. The third-order valence-electron chi connectivity index (χ3n) is 4.47. The summed E-state index contributed by atoms with van der Waals surface area (Å²) in [4.78, 5) is 0. The van der Waals surface area contributed by atoms with Gasteiger partial charge in [-0.05, 0) is 44.1 Å². The molecular weight excluding hydrogens is 222 g/mol. The molecule has 0 aromatic carbocycles. The Morgan fingerprint density at radius 3 is 2.28 bits per heavy atom. The molecular formula is C16H33NO. The Bertz CT molecular complexity index is 199. The Labute approximate surface area is 114 Å². The van der Waals surface area contributed by atoms with Gasteiger partial charge >= 0.3 is 0 Å². The van der Waals surface area contributed by atoms with Crippen LogP contribution in [0.2, 0.25) is 0 Å². The summed E-state index contributed by atoms with van der Waals surface area (Å²) in [6.45, 7) is 8.02. The summed E-state index contributed by atoms with van der Waals surface area (Å²) < 4.78 is 5.77. The largest absolute Gasteiger partial charge is 0.380 e. The Balaban J connectivity index is 2.57. The zero-order valence-electron chi connectivity index (χ0n) is 12.9. The lowest BCUT2D eigenvalue weighted by Crippen LogP contribution is -2.47. The highest BCUT2D eigenvalue weighted by molar-refractivity contribution is 4.86. The highest BCUT2D eigenvalue weighted by atomic mass is 16.5. The first-order valence-electron chi connectivity index (χ1n) is 7.99. The van der Waals surface area contributed by atoms with E-state index >= 15 is 0 Å². The van der Waals surface area contributed by atoms with E-state index in [0.717, 1.165) is 18.4 Å². The lowest BCUT2D eigenvalue weighted by atomic mass is 9.77. The van der Waals surface area contributed by atoms with Crippen LogP contribution in [0.1, 0.15) is 65.7 Å². The minimum Gasteiger partial charge on any atom is -0.380 e. The molecule has 18 heavy (non-hydrogen) atoms. The third-order valence-corrected chi connectivity index (χ3v) is 4.47. The van der Waals surface area contributed by atoms with Crippen molar-refractivity contribution in [1.29, 1.82) is 0 Å². The Morgan fingerprint density at radius 2 is 1.78 bits per heavy atom. The zero-order valence-corrected chi connectivity index (χ0v) is 12.9. The predicted molar refractivity (Wildman–Crippen MR) is 78.9 cm³/mol. The van der Waals surface area contributed by atoms with E-state index in [2.05, 4.69) is 26.1 Å². The molecule has 0 saturated heterocycles. The van der Waals surface area contributed by atoms with Gasteiger partial charge in [0, 0.05) is 13.2 Å². The van der Waals surface area contributed by atoms with Gasteiger partial charge in [-0.15, -0.1) is 0 Å². The molecule has 0 aromatic heterocycles. The molecule has 1 aliphatic rings. The molecule has 1 saturated carbocycles. The first-order chi connectivity index (χ1) is 8.72. The zero-order chi connectivity index (χ0) is 13.4. The van der Waals surface area contributed by atoms with Crippen LogP contribution in [0.3, 0.4) is 0 Å². The van der Waals surface area contributed by atoms with E-state index in [1.807, 2.05) is 7.11 Å². The highest BCUT2D eigenvalue weighted by Gasteiger charge is 2.31. The summed E-state index contributed by atoms with van der Waals surface area (Å²) in [5.74, 6) is 1.75. The lowest BCUT2D eigenvalue weighted by Gasteiger charge is -2.37. The predicted octanol–water partition coefficient (Wildman–Crippen LogP) is 4.00. The minimum atomic E-state index is 0.403. The van der Waals surface area contributed by atoms with Crippen molar-refractivity contribution in [3.63, 3.8) is 0 Å². The minimum absolute atomic E-state index is 0.403. The first kappa shape index (κ1) is 16.0. The van der Waals surface area contributed by atoms with Crippen molar-refractivity contribution >= 4 is 0 Å². The van der Waals surface area contributed by atoms with Crippen LogP contribution >= 0.6 is 0 Å². The molecule has 2 heteroatoms. The van der Waals surface area contributed by atoms with Crippen LogP contribution in [0.5, 0.6) is 0 Å². The first-order valence-corrected chi connectivity index (χ1v) is 7.99. The summed E-state index contributed by atoms with van der Waals surface area (Å²) in [6.07, 6.45) is 9.57. The number of hydrogen-bond donors (Lipinski definition) is 1. The van der Waals surface area contributed by atoms with Crippen LogP contribution in [0, 0.1) is 11.8 Å². The molecule has 0 heterocycles. The van der Waals surface area contributed by atoms with Gasteiger partial charge < -0.3 is 10.1 Å². The molecule has 0 aliphatic heterocycles. The summed E-state index contributed by atoms with van der Waals surface area (Å²) >= 11 is 0. The molecule has 0 aromatic rings. The number of nitrogens with one attached hydrogen (secondary N) is 1. The van der Waals surface area contributed by atoms with Gasteiger partial charge in [-0.1, -0.05) is 40.0 Å². The molecule has 1 N–H and O–H groups in total. The van der Waals surface area contributed by atoms with Crippen molar-refractivity contribution in [2.75, 3.05) is 13.7 Å². The van der Waals surface area contributed by atoms with E-state index in [1.165, 1.54) is 44.9 Å². The number of hydrogen-bond acceptors (Lipinski definition) is 2. The van der Waals surface area contributed by atoms with Gasteiger partial charge in [0.25, 0.3) is 0 Å². The number of methoxy groups -OCH3 is 1.